The summed E-state index contributed by atoms with van der Waals surface area (Å²) in [7, 11) is 1.48. The van der Waals surface area contributed by atoms with Crippen LogP contribution in [0.2, 0.25) is 0 Å². The Morgan fingerprint density at radius 2 is 1.85 bits per heavy atom. The molecule has 0 spiro atoms. The van der Waals surface area contributed by atoms with Gasteiger partial charge in [0.25, 0.3) is 0 Å². The Hall–Kier alpha value is -2.88. The second-order valence-electron chi connectivity index (χ2n) is 8.89. The molecule has 2 aliphatic rings. The number of aromatic nitrogens is 3. The van der Waals surface area contributed by atoms with Gasteiger partial charge in [0.1, 0.15) is 0 Å². The van der Waals surface area contributed by atoms with Crippen molar-refractivity contribution >= 4 is 27.8 Å². The average molecular weight is 490 g/mol. The smallest absolute Gasteiger partial charge is 0.418 e. The number of hydrogen-bond donors (Lipinski definition) is 1. The number of rotatable bonds is 5. The quantitative estimate of drug-likeness (QED) is 0.448. The number of thiazole rings is 1. The molecule has 0 bridgehead atoms. The minimum absolute atomic E-state index is 0.254. The first kappa shape index (κ1) is 22.9. The molecular weight excluding hydrogens is 463 g/mol. The molecule has 0 amide bonds. The fourth-order valence-electron chi connectivity index (χ4n) is 5.08. The van der Waals surface area contributed by atoms with Crippen LogP contribution < -0.4 is 15.0 Å². The summed E-state index contributed by atoms with van der Waals surface area (Å²) in [5, 5.41) is 5.33. The molecule has 3 heterocycles. The number of benzene rings is 1. The summed E-state index contributed by atoms with van der Waals surface area (Å²) in [4.78, 5) is 14.5. The van der Waals surface area contributed by atoms with Gasteiger partial charge in [-0.3, -0.25) is 0 Å². The predicted octanol–water partition coefficient (Wildman–Crippen LogP) is 6.39. The third-order valence-electron chi connectivity index (χ3n) is 6.80. The Bertz CT molecular complexity index is 1130. The summed E-state index contributed by atoms with van der Waals surface area (Å²) in [6, 6.07) is 4.75. The van der Waals surface area contributed by atoms with E-state index in [1.165, 1.54) is 43.8 Å². The number of hydrogen-bond acceptors (Lipinski definition) is 7. The van der Waals surface area contributed by atoms with Crippen molar-refractivity contribution in [3.05, 3.63) is 41.5 Å². The summed E-state index contributed by atoms with van der Waals surface area (Å²) in [5.74, 6) is 1.16. The van der Waals surface area contributed by atoms with Crippen LogP contribution in [0.15, 0.2) is 36.0 Å². The van der Waals surface area contributed by atoms with E-state index in [0.29, 0.717) is 47.0 Å². The van der Waals surface area contributed by atoms with Gasteiger partial charge in [0, 0.05) is 47.8 Å². The van der Waals surface area contributed by atoms with Crippen LogP contribution in [0.3, 0.4) is 0 Å². The SMILES string of the molecule is COc1ncc(-c2csc(Nc3ccc(N4CCC5CCCCC5C4)c(C(F)(F)F)c3)n2)cn1. The van der Waals surface area contributed by atoms with Crippen LogP contribution in [0.25, 0.3) is 11.3 Å². The lowest BCUT2D eigenvalue weighted by Gasteiger charge is -2.43. The first-order valence-corrected chi connectivity index (χ1v) is 12.3. The van der Waals surface area contributed by atoms with E-state index >= 15 is 0 Å². The molecule has 0 radical (unpaired) electrons. The lowest BCUT2D eigenvalue weighted by molar-refractivity contribution is -0.137. The molecule has 1 saturated carbocycles. The van der Waals surface area contributed by atoms with Gasteiger partial charge >= 0.3 is 12.2 Å². The van der Waals surface area contributed by atoms with E-state index in [2.05, 4.69) is 20.3 Å². The normalized spacial score (nSPS) is 20.6. The summed E-state index contributed by atoms with van der Waals surface area (Å²) >= 11 is 1.31. The third kappa shape index (κ3) is 4.82. The van der Waals surface area contributed by atoms with Gasteiger partial charge in [-0.05, 0) is 42.9 Å². The van der Waals surface area contributed by atoms with Crippen LogP contribution in [0, 0.1) is 11.8 Å². The molecule has 1 aliphatic heterocycles. The summed E-state index contributed by atoms with van der Waals surface area (Å²) < 4.78 is 47.1. The third-order valence-corrected chi connectivity index (χ3v) is 7.55. The van der Waals surface area contributed by atoms with Crippen molar-refractivity contribution in [3.8, 4) is 17.3 Å². The van der Waals surface area contributed by atoms with Crippen molar-refractivity contribution in [3.63, 3.8) is 0 Å². The van der Waals surface area contributed by atoms with Crippen LogP contribution >= 0.6 is 11.3 Å². The molecule has 2 unspecified atom stereocenters. The van der Waals surface area contributed by atoms with Gasteiger partial charge in [0.2, 0.25) is 0 Å². The monoisotopic (exact) mass is 489 g/mol. The minimum atomic E-state index is -4.44. The maximum atomic E-state index is 14.1. The number of fused-ring (bicyclic) bond motifs is 1. The van der Waals surface area contributed by atoms with E-state index in [4.69, 9.17) is 4.74 Å². The first-order chi connectivity index (χ1) is 16.4. The van der Waals surface area contributed by atoms with Crippen LogP contribution in [-0.4, -0.2) is 35.2 Å². The maximum absolute atomic E-state index is 14.1. The van der Waals surface area contributed by atoms with Crippen molar-refractivity contribution in [1.29, 1.82) is 0 Å². The van der Waals surface area contributed by atoms with Crippen molar-refractivity contribution in [2.75, 3.05) is 30.4 Å². The van der Waals surface area contributed by atoms with Crippen molar-refractivity contribution in [1.82, 2.24) is 15.0 Å². The van der Waals surface area contributed by atoms with E-state index < -0.39 is 11.7 Å². The Labute approximate surface area is 200 Å². The fraction of sp³-hybridized carbons (Fsp3) is 0.458. The Morgan fingerprint density at radius 1 is 1.09 bits per heavy atom. The topological polar surface area (TPSA) is 63.2 Å². The standard InChI is InChI=1S/C24H26F3N5OS/c1-33-22-28-11-17(12-29-22)20-14-34-23(31-20)30-18-6-7-21(19(10-18)24(25,26)27)32-9-8-15-4-2-3-5-16(15)13-32/h6-7,10-12,14-16H,2-5,8-9,13H2,1H3,(H,30,31). The molecule has 2 fully saturated rings. The van der Waals surface area contributed by atoms with Crippen LogP contribution in [0.4, 0.5) is 29.7 Å². The second-order valence-corrected chi connectivity index (χ2v) is 9.75. The van der Waals surface area contributed by atoms with Gasteiger partial charge in [-0.1, -0.05) is 19.3 Å². The number of piperidine rings is 1. The van der Waals surface area contributed by atoms with Gasteiger partial charge in [-0.2, -0.15) is 13.2 Å². The fourth-order valence-corrected chi connectivity index (χ4v) is 5.82. The number of ether oxygens (including phenoxy) is 1. The molecule has 34 heavy (non-hydrogen) atoms. The molecule has 2 atom stereocenters. The van der Waals surface area contributed by atoms with Gasteiger partial charge < -0.3 is 15.0 Å². The Kier molecular flexibility index (Phi) is 6.33. The predicted molar refractivity (Wildman–Crippen MR) is 127 cm³/mol. The van der Waals surface area contributed by atoms with E-state index in [1.807, 2.05) is 4.90 Å². The largest absolute Gasteiger partial charge is 0.467 e. The number of nitrogens with one attached hydrogen (secondary N) is 1. The molecule has 2 aromatic heterocycles. The van der Waals surface area contributed by atoms with Gasteiger partial charge in [-0.25, -0.2) is 15.0 Å². The highest BCUT2D eigenvalue weighted by molar-refractivity contribution is 7.14. The second kappa shape index (κ2) is 9.40. The van der Waals surface area contributed by atoms with Gasteiger partial charge in [0.05, 0.1) is 18.4 Å². The molecule has 1 aromatic carbocycles. The highest BCUT2D eigenvalue weighted by Gasteiger charge is 2.38. The molecule has 6 nitrogen and oxygen atoms in total. The number of anilines is 3. The van der Waals surface area contributed by atoms with Crippen molar-refractivity contribution in [2.24, 2.45) is 11.8 Å². The van der Waals surface area contributed by atoms with E-state index in [1.54, 1.807) is 29.9 Å². The lowest BCUT2D eigenvalue weighted by atomic mass is 9.75. The average Bonchev–Trinajstić information content (AvgIpc) is 3.31. The van der Waals surface area contributed by atoms with Gasteiger partial charge in [0.15, 0.2) is 5.13 Å². The molecule has 3 aromatic rings. The first-order valence-electron chi connectivity index (χ1n) is 11.5. The minimum Gasteiger partial charge on any atom is -0.467 e. The molecule has 1 saturated heterocycles. The molecule has 1 aliphatic carbocycles. The van der Waals surface area contributed by atoms with Crippen LogP contribution in [0.1, 0.15) is 37.7 Å². The van der Waals surface area contributed by atoms with E-state index in [0.717, 1.165) is 12.8 Å². The summed E-state index contributed by atoms with van der Waals surface area (Å²) in [6.45, 7) is 1.39. The zero-order valence-corrected chi connectivity index (χ0v) is 19.6. The number of methoxy groups -OCH3 is 1. The number of halogens is 3. The van der Waals surface area contributed by atoms with E-state index in [9.17, 15) is 13.2 Å². The summed E-state index contributed by atoms with van der Waals surface area (Å²) in [5.41, 5.74) is 1.36. The maximum Gasteiger partial charge on any atom is 0.418 e. The number of alkyl halides is 3. The molecular formula is C24H26F3N5OS. The van der Waals surface area contributed by atoms with Gasteiger partial charge in [-0.15, -0.1) is 11.3 Å². The Morgan fingerprint density at radius 3 is 2.59 bits per heavy atom. The molecule has 180 valence electrons. The molecule has 10 heteroatoms. The molecule has 5 rings (SSSR count). The van der Waals surface area contributed by atoms with Crippen molar-refractivity contribution in [2.45, 2.75) is 38.3 Å². The highest BCUT2D eigenvalue weighted by Crippen LogP contribution is 2.43. The zero-order valence-electron chi connectivity index (χ0n) is 18.8. The summed E-state index contributed by atoms with van der Waals surface area (Å²) in [6.07, 6.45) is 4.48. The lowest BCUT2D eigenvalue weighted by Crippen LogP contribution is -2.42. The zero-order chi connectivity index (χ0) is 23.7. The molecule has 1 N–H and O–H groups in total. The van der Waals surface area contributed by atoms with Crippen LogP contribution in [0.5, 0.6) is 6.01 Å². The van der Waals surface area contributed by atoms with Crippen LogP contribution in [-0.2, 0) is 6.18 Å². The van der Waals surface area contributed by atoms with Crippen molar-refractivity contribution < 1.29 is 17.9 Å². The Balaban J connectivity index is 1.35. The highest BCUT2D eigenvalue weighted by atomic mass is 32.1. The van der Waals surface area contributed by atoms with E-state index in [-0.39, 0.29) is 11.7 Å². The number of nitrogens with zero attached hydrogens (tertiary/aromatic N) is 4.